The molecule has 0 bridgehead atoms. The van der Waals surface area contributed by atoms with Crippen LogP contribution in [0.25, 0.3) is 0 Å². The van der Waals surface area contributed by atoms with Crippen LogP contribution in [0.4, 0.5) is 32.0 Å². The highest BCUT2D eigenvalue weighted by Gasteiger charge is 2.36. The molecule has 0 unspecified atom stereocenters. The maximum Gasteiger partial charge on any atom is 0.573 e. The van der Waals surface area contributed by atoms with Crippen molar-refractivity contribution in [3.63, 3.8) is 0 Å². The molecule has 2 aromatic carbocycles. The summed E-state index contributed by atoms with van der Waals surface area (Å²) in [5, 5.41) is 6.04. The smallest absolute Gasteiger partial charge is 0.406 e. The minimum absolute atomic E-state index is 0.146. The third-order valence-electron chi connectivity index (χ3n) is 6.83. The number of hydrogen-bond donors (Lipinski definition) is 2. The van der Waals surface area contributed by atoms with Crippen molar-refractivity contribution in [3.05, 3.63) is 59.7 Å². The molecule has 7 nitrogen and oxygen atoms in total. The molecular weight excluding hydrogens is 544 g/mol. The summed E-state index contributed by atoms with van der Waals surface area (Å²) in [5.74, 6) is -2.03. The van der Waals surface area contributed by atoms with Gasteiger partial charge in [0.25, 0.3) is 0 Å². The van der Waals surface area contributed by atoms with E-state index in [0.717, 1.165) is 25.0 Å². The van der Waals surface area contributed by atoms with Crippen LogP contribution in [0.2, 0.25) is 0 Å². The van der Waals surface area contributed by atoms with Crippen LogP contribution in [0.1, 0.15) is 36.3 Å². The van der Waals surface area contributed by atoms with Crippen LogP contribution in [0, 0.1) is 5.92 Å². The zero-order chi connectivity index (χ0) is 28.9. The predicted octanol–water partition coefficient (Wildman–Crippen LogP) is 4.94. The lowest BCUT2D eigenvalue weighted by Crippen LogP contribution is -2.45. The first-order valence-corrected chi connectivity index (χ1v) is 12.8. The number of nitrogens with zero attached hydrogens (tertiary/aromatic N) is 1. The van der Waals surface area contributed by atoms with Gasteiger partial charge in [-0.2, -0.15) is 13.2 Å². The second kappa shape index (κ2) is 12.4. The maximum absolute atomic E-state index is 13.5. The van der Waals surface area contributed by atoms with Gasteiger partial charge in [-0.1, -0.05) is 12.1 Å². The topological polar surface area (TPSA) is 79.9 Å². The van der Waals surface area contributed by atoms with E-state index < -0.39 is 29.9 Å². The number of carbonyl (C=O) groups is 2. The second-order valence-electron chi connectivity index (χ2n) is 9.78. The standard InChI is InChI=1S/C27H29F6N3O4/c28-26(29,30)19-5-3-17(4-6-19)22(15-24(37)36-11-13-39-14-12-36)25(38)35-23(18-1-2-18)16-34-20-7-9-21(10-8-20)40-27(31,32)33/h3-10,18,22-23,34H,1-2,11-16H2,(H,35,38)/t22-,23-/m1/s1. The van der Waals surface area contributed by atoms with Crippen LogP contribution in [0.15, 0.2) is 48.5 Å². The molecule has 0 aromatic heterocycles. The van der Waals surface area contributed by atoms with Crippen molar-refractivity contribution in [3.8, 4) is 5.75 Å². The molecule has 1 saturated carbocycles. The summed E-state index contributed by atoms with van der Waals surface area (Å²) in [5.41, 5.74) is -0.0623. The normalized spacial score (nSPS) is 17.6. The van der Waals surface area contributed by atoms with E-state index in [2.05, 4.69) is 15.4 Å². The summed E-state index contributed by atoms with van der Waals surface area (Å²) in [4.78, 5) is 28.1. The van der Waals surface area contributed by atoms with Gasteiger partial charge in [0.15, 0.2) is 0 Å². The summed E-state index contributed by atoms with van der Waals surface area (Å²) in [6, 6.07) is 9.01. The molecule has 1 saturated heterocycles. The average molecular weight is 574 g/mol. The van der Waals surface area contributed by atoms with E-state index in [9.17, 15) is 35.9 Å². The van der Waals surface area contributed by atoms with E-state index in [1.165, 1.54) is 36.4 Å². The van der Waals surface area contributed by atoms with Crippen molar-refractivity contribution in [1.82, 2.24) is 10.2 Å². The third kappa shape index (κ3) is 8.51. The van der Waals surface area contributed by atoms with Gasteiger partial charge < -0.3 is 25.0 Å². The van der Waals surface area contributed by atoms with Gasteiger partial charge in [-0.05, 0) is 60.7 Å². The average Bonchev–Trinajstić information content (AvgIpc) is 3.75. The van der Waals surface area contributed by atoms with Gasteiger partial charge in [0.1, 0.15) is 5.75 Å². The second-order valence-corrected chi connectivity index (χ2v) is 9.78. The van der Waals surface area contributed by atoms with E-state index in [4.69, 9.17) is 4.74 Å². The summed E-state index contributed by atoms with van der Waals surface area (Å²) in [6.07, 6.45) is -7.86. The maximum atomic E-state index is 13.5. The van der Waals surface area contributed by atoms with Crippen molar-refractivity contribution in [1.29, 1.82) is 0 Å². The van der Waals surface area contributed by atoms with Crippen LogP contribution in [0.5, 0.6) is 5.75 Å². The first-order valence-electron chi connectivity index (χ1n) is 12.8. The van der Waals surface area contributed by atoms with Gasteiger partial charge in [-0.3, -0.25) is 9.59 Å². The molecule has 2 N–H and O–H groups in total. The van der Waals surface area contributed by atoms with Gasteiger partial charge in [-0.25, -0.2) is 0 Å². The van der Waals surface area contributed by atoms with Gasteiger partial charge in [0.05, 0.1) is 24.7 Å². The Labute approximate surface area is 226 Å². The van der Waals surface area contributed by atoms with E-state index in [1.807, 2.05) is 0 Å². The van der Waals surface area contributed by atoms with Crippen molar-refractivity contribution in [2.24, 2.45) is 5.92 Å². The number of alkyl halides is 6. The Morgan fingerprint density at radius 1 is 0.950 bits per heavy atom. The Balaban J connectivity index is 1.45. The van der Waals surface area contributed by atoms with E-state index >= 15 is 0 Å². The molecule has 0 radical (unpaired) electrons. The number of nitrogens with one attached hydrogen (secondary N) is 2. The van der Waals surface area contributed by atoms with E-state index in [-0.39, 0.29) is 42.1 Å². The van der Waals surface area contributed by atoms with Crippen molar-refractivity contribution in [2.75, 3.05) is 38.2 Å². The lowest BCUT2D eigenvalue weighted by atomic mass is 9.92. The monoisotopic (exact) mass is 573 g/mol. The molecule has 2 aromatic rings. The van der Waals surface area contributed by atoms with Crippen LogP contribution in [-0.4, -0.2) is 62.0 Å². The molecule has 218 valence electrons. The fourth-order valence-corrected chi connectivity index (χ4v) is 4.50. The fraction of sp³-hybridized carbons (Fsp3) is 0.481. The molecular formula is C27H29F6N3O4. The molecule has 1 heterocycles. The molecule has 2 fully saturated rings. The number of rotatable bonds is 10. The van der Waals surface area contributed by atoms with E-state index in [0.29, 0.717) is 32.0 Å². The van der Waals surface area contributed by atoms with Gasteiger partial charge in [0, 0.05) is 37.8 Å². The van der Waals surface area contributed by atoms with Crippen LogP contribution >= 0.6 is 0 Å². The summed E-state index contributed by atoms with van der Waals surface area (Å²) in [6.45, 7) is 1.71. The van der Waals surface area contributed by atoms with Crippen LogP contribution in [-0.2, 0) is 20.5 Å². The first kappa shape index (κ1) is 29.5. The lowest BCUT2D eigenvalue weighted by molar-refractivity contribution is -0.274. The molecule has 0 spiro atoms. The van der Waals surface area contributed by atoms with Crippen LogP contribution in [0.3, 0.4) is 0 Å². The molecule has 40 heavy (non-hydrogen) atoms. The minimum Gasteiger partial charge on any atom is -0.406 e. The van der Waals surface area contributed by atoms with Crippen molar-refractivity contribution < 1.29 is 45.4 Å². The lowest BCUT2D eigenvalue weighted by Gasteiger charge is -2.29. The number of hydrogen-bond acceptors (Lipinski definition) is 5. The van der Waals surface area contributed by atoms with E-state index in [1.54, 1.807) is 4.90 Å². The molecule has 2 amide bonds. The third-order valence-corrected chi connectivity index (χ3v) is 6.83. The quantitative estimate of drug-likeness (QED) is 0.394. The largest absolute Gasteiger partial charge is 0.573 e. The van der Waals surface area contributed by atoms with Gasteiger partial charge in [0.2, 0.25) is 11.8 Å². The molecule has 13 heteroatoms. The fourth-order valence-electron chi connectivity index (χ4n) is 4.50. The number of anilines is 1. The Morgan fingerprint density at radius 3 is 2.12 bits per heavy atom. The number of halogens is 6. The zero-order valence-corrected chi connectivity index (χ0v) is 21.4. The number of benzene rings is 2. The zero-order valence-electron chi connectivity index (χ0n) is 21.4. The highest BCUT2D eigenvalue weighted by Crippen LogP contribution is 2.35. The molecule has 1 aliphatic carbocycles. The Morgan fingerprint density at radius 2 is 1.57 bits per heavy atom. The van der Waals surface area contributed by atoms with Crippen molar-refractivity contribution >= 4 is 17.5 Å². The first-order chi connectivity index (χ1) is 18.9. The Hall–Kier alpha value is -3.48. The molecule has 1 aliphatic heterocycles. The van der Waals surface area contributed by atoms with Crippen molar-refractivity contribution in [2.45, 2.75) is 43.8 Å². The highest BCUT2D eigenvalue weighted by atomic mass is 19.4. The number of amides is 2. The molecule has 2 atom stereocenters. The Bertz CT molecular complexity index is 1140. The summed E-state index contributed by atoms with van der Waals surface area (Å²) < 4.78 is 85.6. The SMILES string of the molecule is O=C(N[C@H](CNc1ccc(OC(F)(F)F)cc1)C1CC1)[C@H](CC(=O)N1CCOCC1)c1ccc(C(F)(F)F)cc1. The van der Waals surface area contributed by atoms with Gasteiger partial charge >= 0.3 is 12.5 Å². The Kier molecular flexibility index (Phi) is 9.12. The summed E-state index contributed by atoms with van der Waals surface area (Å²) in [7, 11) is 0. The minimum atomic E-state index is -4.80. The molecule has 2 aliphatic rings. The molecule has 4 rings (SSSR count). The van der Waals surface area contributed by atoms with Crippen LogP contribution < -0.4 is 15.4 Å². The number of morpholine rings is 1. The predicted molar refractivity (Wildman–Crippen MR) is 132 cm³/mol. The summed E-state index contributed by atoms with van der Waals surface area (Å²) >= 11 is 0. The van der Waals surface area contributed by atoms with Gasteiger partial charge in [-0.15, -0.1) is 13.2 Å². The number of ether oxygens (including phenoxy) is 2. The number of carbonyl (C=O) groups excluding carboxylic acids is 2. The highest BCUT2D eigenvalue weighted by molar-refractivity contribution is 5.90.